The summed E-state index contributed by atoms with van der Waals surface area (Å²) in [6.07, 6.45) is 4.07. The molecule has 1 aromatic heterocycles. The van der Waals surface area contributed by atoms with E-state index in [-0.39, 0.29) is 18.3 Å². The highest BCUT2D eigenvalue weighted by Crippen LogP contribution is 2.34. The standard InChI is InChI=1S/C34H37N3O5S/c1-4-11-32(38)36-22-20-35(21-23-36)29-14-9-10-15-30(29)37(19-18-26-12-7-6-8-13-26)43(40)27-16-17-31-28(24-27)25(3)33(42-31)34(39)41-5-2/h4,6-17,24H,5,18-23H2,1-3H3/b11-4+. The number of carbonyl (C=O) groups excluding carboxylic acids is 2. The molecule has 1 aliphatic rings. The van der Waals surface area contributed by atoms with Crippen LogP contribution in [-0.4, -0.2) is 60.3 Å². The van der Waals surface area contributed by atoms with Gasteiger partial charge < -0.3 is 19.0 Å². The Labute approximate surface area is 255 Å². The molecule has 0 bridgehead atoms. The molecule has 1 amide bonds. The van der Waals surface area contributed by atoms with Gasteiger partial charge in [-0.2, -0.15) is 0 Å². The van der Waals surface area contributed by atoms with Crippen LogP contribution in [0.1, 0.15) is 35.5 Å². The fourth-order valence-corrected chi connectivity index (χ4v) is 6.60. The first kappa shape index (κ1) is 30.1. The van der Waals surface area contributed by atoms with E-state index in [2.05, 4.69) is 23.1 Å². The Morgan fingerprint density at radius 3 is 2.44 bits per heavy atom. The molecular formula is C34H37N3O5S. The lowest BCUT2D eigenvalue weighted by molar-refractivity contribution is -0.126. The molecule has 0 spiro atoms. The number of aryl methyl sites for hydroxylation is 1. The van der Waals surface area contributed by atoms with Crippen LogP contribution >= 0.6 is 0 Å². The zero-order valence-electron chi connectivity index (χ0n) is 24.8. The molecular weight excluding hydrogens is 562 g/mol. The van der Waals surface area contributed by atoms with Crippen LogP contribution in [0.2, 0.25) is 0 Å². The Hall–Kier alpha value is -4.37. The Kier molecular flexibility index (Phi) is 9.61. The zero-order valence-corrected chi connectivity index (χ0v) is 25.6. The fraction of sp³-hybridized carbons (Fsp3) is 0.294. The fourth-order valence-electron chi connectivity index (χ4n) is 5.35. The quantitative estimate of drug-likeness (QED) is 0.166. The van der Waals surface area contributed by atoms with Gasteiger partial charge in [0.25, 0.3) is 0 Å². The molecule has 1 fully saturated rings. The number of amides is 1. The first-order valence-electron chi connectivity index (χ1n) is 14.6. The third-order valence-electron chi connectivity index (χ3n) is 7.61. The molecule has 0 saturated carbocycles. The maximum Gasteiger partial charge on any atom is 0.374 e. The van der Waals surface area contributed by atoms with Gasteiger partial charge in [0, 0.05) is 43.7 Å². The number of carbonyl (C=O) groups is 2. The Bertz CT molecular complexity index is 1640. The van der Waals surface area contributed by atoms with Gasteiger partial charge in [-0.05, 0) is 69.2 Å². The molecule has 8 nitrogen and oxygen atoms in total. The minimum atomic E-state index is -1.57. The third-order valence-corrected chi connectivity index (χ3v) is 9.05. The Morgan fingerprint density at radius 1 is 1.00 bits per heavy atom. The number of ether oxygens (including phenoxy) is 1. The second kappa shape index (κ2) is 13.7. The monoisotopic (exact) mass is 599 g/mol. The summed E-state index contributed by atoms with van der Waals surface area (Å²) in [5.74, 6) is -0.319. The maximum absolute atomic E-state index is 14.4. The van der Waals surface area contributed by atoms with Crippen molar-refractivity contribution in [3.63, 3.8) is 0 Å². The number of fused-ring (bicyclic) bond motifs is 1. The maximum atomic E-state index is 14.4. The van der Waals surface area contributed by atoms with Crippen molar-refractivity contribution in [2.75, 3.05) is 48.5 Å². The number of hydrogen-bond acceptors (Lipinski definition) is 6. The van der Waals surface area contributed by atoms with E-state index < -0.39 is 17.0 Å². The lowest BCUT2D eigenvalue weighted by Crippen LogP contribution is -2.48. The number of esters is 1. The van der Waals surface area contributed by atoms with Crippen LogP contribution in [-0.2, 0) is 26.9 Å². The van der Waals surface area contributed by atoms with Crippen molar-refractivity contribution in [3.8, 4) is 0 Å². The molecule has 9 heteroatoms. The van der Waals surface area contributed by atoms with Crippen LogP contribution in [0.15, 0.2) is 94.3 Å². The predicted octanol–water partition coefficient (Wildman–Crippen LogP) is 5.91. The number of allylic oxidation sites excluding steroid dienone is 1. The van der Waals surface area contributed by atoms with E-state index in [1.165, 1.54) is 0 Å². The van der Waals surface area contributed by atoms with Gasteiger partial charge in [-0.1, -0.05) is 48.5 Å². The van der Waals surface area contributed by atoms with Gasteiger partial charge in [-0.15, -0.1) is 0 Å². The van der Waals surface area contributed by atoms with Crippen molar-refractivity contribution in [2.45, 2.75) is 32.1 Å². The first-order chi connectivity index (χ1) is 20.9. The topological polar surface area (TPSA) is 83.3 Å². The third kappa shape index (κ3) is 6.67. The highest BCUT2D eigenvalue weighted by Gasteiger charge is 2.26. The van der Waals surface area contributed by atoms with Crippen LogP contribution in [0.25, 0.3) is 11.0 Å². The molecule has 224 valence electrons. The first-order valence-corrected chi connectivity index (χ1v) is 15.7. The molecule has 4 aromatic rings. The summed E-state index contributed by atoms with van der Waals surface area (Å²) in [4.78, 5) is 29.6. The van der Waals surface area contributed by atoms with Gasteiger partial charge in [-0.3, -0.25) is 9.10 Å². The second-order valence-electron chi connectivity index (χ2n) is 10.3. The smallest absolute Gasteiger partial charge is 0.374 e. The number of nitrogens with zero attached hydrogens (tertiary/aromatic N) is 3. The van der Waals surface area contributed by atoms with Crippen LogP contribution in [0.3, 0.4) is 0 Å². The van der Waals surface area contributed by atoms with Gasteiger partial charge in [0.1, 0.15) is 5.58 Å². The van der Waals surface area contributed by atoms with Crippen molar-refractivity contribution < 1.29 is 23.0 Å². The normalized spacial score (nSPS) is 14.3. The molecule has 2 heterocycles. The highest BCUT2D eigenvalue weighted by molar-refractivity contribution is 7.86. The number of para-hydroxylation sites is 2. The average Bonchev–Trinajstić information content (AvgIpc) is 3.37. The number of hydrogen-bond donors (Lipinski definition) is 0. The van der Waals surface area contributed by atoms with E-state index in [0.717, 1.165) is 22.3 Å². The largest absolute Gasteiger partial charge is 0.460 e. The van der Waals surface area contributed by atoms with Crippen molar-refractivity contribution in [1.82, 2.24) is 4.90 Å². The van der Waals surface area contributed by atoms with Crippen LogP contribution in [0, 0.1) is 6.92 Å². The van der Waals surface area contributed by atoms with Gasteiger partial charge in [-0.25, -0.2) is 9.00 Å². The summed E-state index contributed by atoms with van der Waals surface area (Å²) in [6.45, 7) is 8.77. The van der Waals surface area contributed by atoms with Crippen molar-refractivity contribution in [1.29, 1.82) is 0 Å². The lowest BCUT2D eigenvalue weighted by Gasteiger charge is -2.38. The lowest BCUT2D eigenvalue weighted by atomic mass is 10.1. The van der Waals surface area contributed by atoms with Gasteiger partial charge in [0.05, 0.1) is 22.9 Å². The number of furan rings is 1. The molecule has 43 heavy (non-hydrogen) atoms. The van der Waals surface area contributed by atoms with E-state index in [0.29, 0.717) is 55.2 Å². The molecule has 1 atom stereocenters. The minimum absolute atomic E-state index is 0.0251. The molecule has 0 N–H and O–H groups in total. The van der Waals surface area contributed by atoms with Gasteiger partial charge in [0.2, 0.25) is 11.7 Å². The molecule has 0 radical (unpaired) electrons. The summed E-state index contributed by atoms with van der Waals surface area (Å²) in [6, 6.07) is 23.6. The molecule has 1 saturated heterocycles. The molecule has 1 aliphatic heterocycles. The molecule has 1 unspecified atom stereocenters. The predicted molar refractivity (Wildman–Crippen MR) is 171 cm³/mol. The van der Waals surface area contributed by atoms with Crippen LogP contribution < -0.4 is 9.21 Å². The van der Waals surface area contributed by atoms with E-state index >= 15 is 0 Å². The van der Waals surface area contributed by atoms with E-state index in [9.17, 15) is 13.8 Å². The highest BCUT2D eigenvalue weighted by atomic mass is 32.2. The minimum Gasteiger partial charge on any atom is -0.460 e. The summed E-state index contributed by atoms with van der Waals surface area (Å²) in [7, 11) is -1.57. The summed E-state index contributed by atoms with van der Waals surface area (Å²) in [5, 5.41) is 0.729. The summed E-state index contributed by atoms with van der Waals surface area (Å²) >= 11 is 0. The van der Waals surface area contributed by atoms with E-state index in [1.54, 1.807) is 31.2 Å². The van der Waals surface area contributed by atoms with Gasteiger partial charge in [0.15, 0.2) is 11.0 Å². The van der Waals surface area contributed by atoms with E-state index in [1.807, 2.05) is 65.5 Å². The number of benzene rings is 3. The van der Waals surface area contributed by atoms with Crippen molar-refractivity contribution >= 4 is 45.2 Å². The van der Waals surface area contributed by atoms with Gasteiger partial charge >= 0.3 is 5.97 Å². The van der Waals surface area contributed by atoms with Crippen LogP contribution in [0.5, 0.6) is 0 Å². The van der Waals surface area contributed by atoms with E-state index in [4.69, 9.17) is 9.15 Å². The molecule has 3 aromatic carbocycles. The molecule has 0 aliphatic carbocycles. The SMILES string of the molecule is C/C=C/C(=O)N1CCN(c2ccccc2N(CCc2ccccc2)S(=O)c2ccc3oc(C(=O)OCC)c(C)c3c2)CC1. The second-order valence-corrected chi connectivity index (χ2v) is 11.7. The molecule has 5 rings (SSSR count). The summed E-state index contributed by atoms with van der Waals surface area (Å²) < 4.78 is 27.4. The Morgan fingerprint density at radius 2 is 1.72 bits per heavy atom. The van der Waals surface area contributed by atoms with Crippen molar-refractivity contribution in [2.24, 2.45) is 0 Å². The van der Waals surface area contributed by atoms with Crippen molar-refractivity contribution in [3.05, 3.63) is 102 Å². The average molecular weight is 600 g/mol. The zero-order chi connectivity index (χ0) is 30.3. The summed E-state index contributed by atoms with van der Waals surface area (Å²) in [5.41, 5.74) is 4.20. The van der Waals surface area contributed by atoms with Crippen LogP contribution in [0.4, 0.5) is 11.4 Å². The number of rotatable bonds is 10. The number of anilines is 2. The number of piperazine rings is 1. The Balaban J connectivity index is 1.48.